The van der Waals surface area contributed by atoms with Gasteiger partial charge in [-0.2, -0.15) is 0 Å². The summed E-state index contributed by atoms with van der Waals surface area (Å²) in [5.74, 6) is 2.04. The van der Waals surface area contributed by atoms with Crippen molar-refractivity contribution in [1.82, 2.24) is 0 Å². The zero-order valence-electron chi connectivity index (χ0n) is 17.1. The standard InChI is InChI=1S/C23H36O3/c1-5-16-6-8-18-17-7-9-20(24)22(3,19(17)10-11-21(16,18)2)12-13-23(4)25-14-15-26-23/h5,17-19H,6-15H2,1-4H3/b16-5+/t17?,18?,19?,21-,22-/m0/s1. The van der Waals surface area contributed by atoms with Gasteiger partial charge in [-0.1, -0.05) is 25.5 Å². The molecule has 4 fully saturated rings. The van der Waals surface area contributed by atoms with Gasteiger partial charge in [0.15, 0.2) is 5.79 Å². The van der Waals surface area contributed by atoms with Crippen LogP contribution in [0.3, 0.4) is 0 Å². The predicted molar refractivity (Wildman–Crippen MR) is 103 cm³/mol. The molecule has 5 atom stereocenters. The Balaban J connectivity index is 1.56. The van der Waals surface area contributed by atoms with Crippen LogP contribution in [0.25, 0.3) is 0 Å². The van der Waals surface area contributed by atoms with Crippen LogP contribution in [-0.2, 0) is 14.3 Å². The minimum absolute atomic E-state index is 0.193. The Kier molecular flexibility index (Phi) is 4.63. The fourth-order valence-corrected chi connectivity index (χ4v) is 7.11. The van der Waals surface area contributed by atoms with Crippen molar-refractivity contribution in [3.63, 3.8) is 0 Å². The van der Waals surface area contributed by atoms with E-state index in [0.29, 0.717) is 36.2 Å². The van der Waals surface area contributed by atoms with Crippen LogP contribution in [0.4, 0.5) is 0 Å². The van der Waals surface area contributed by atoms with Gasteiger partial charge in [-0.3, -0.25) is 4.79 Å². The van der Waals surface area contributed by atoms with Gasteiger partial charge < -0.3 is 9.47 Å². The number of hydrogen-bond acceptors (Lipinski definition) is 3. The lowest BCUT2D eigenvalue weighted by atomic mass is 9.49. The molecule has 1 heterocycles. The third-order valence-corrected chi connectivity index (χ3v) is 8.79. The van der Waals surface area contributed by atoms with Gasteiger partial charge in [0, 0.05) is 18.3 Å². The van der Waals surface area contributed by atoms with E-state index in [1.807, 2.05) is 6.92 Å². The Morgan fingerprint density at radius 1 is 1.00 bits per heavy atom. The molecule has 1 aliphatic heterocycles. The van der Waals surface area contributed by atoms with E-state index in [9.17, 15) is 4.79 Å². The summed E-state index contributed by atoms with van der Waals surface area (Å²) in [6.45, 7) is 10.4. The monoisotopic (exact) mass is 360 g/mol. The van der Waals surface area contributed by atoms with Crippen molar-refractivity contribution in [1.29, 1.82) is 0 Å². The molecule has 0 N–H and O–H groups in total. The first kappa shape index (κ1) is 18.7. The number of ether oxygens (including phenoxy) is 2. The Hall–Kier alpha value is -0.670. The number of carbonyl (C=O) groups is 1. The second-order valence-corrected chi connectivity index (χ2v) is 9.90. The van der Waals surface area contributed by atoms with Crippen molar-refractivity contribution in [3.8, 4) is 0 Å². The molecular weight excluding hydrogens is 324 g/mol. The highest BCUT2D eigenvalue weighted by Crippen LogP contribution is 2.64. The van der Waals surface area contributed by atoms with Crippen LogP contribution in [-0.4, -0.2) is 24.8 Å². The molecule has 4 aliphatic rings. The number of fused-ring (bicyclic) bond motifs is 3. The Morgan fingerprint density at radius 3 is 2.42 bits per heavy atom. The number of ketones is 1. The van der Waals surface area contributed by atoms with E-state index in [1.54, 1.807) is 5.57 Å². The molecule has 3 aliphatic carbocycles. The molecule has 3 unspecified atom stereocenters. The van der Waals surface area contributed by atoms with Crippen LogP contribution in [0.15, 0.2) is 11.6 Å². The summed E-state index contributed by atoms with van der Waals surface area (Å²) in [6.07, 6.45) is 11.1. The van der Waals surface area contributed by atoms with Crippen molar-refractivity contribution >= 4 is 5.78 Å². The fraction of sp³-hybridized carbons (Fsp3) is 0.870. The summed E-state index contributed by atoms with van der Waals surface area (Å²) in [7, 11) is 0. The van der Waals surface area contributed by atoms with Crippen LogP contribution >= 0.6 is 0 Å². The lowest BCUT2D eigenvalue weighted by Gasteiger charge is -2.55. The van der Waals surface area contributed by atoms with E-state index in [1.165, 1.54) is 25.7 Å². The highest BCUT2D eigenvalue weighted by atomic mass is 16.7. The maximum absolute atomic E-state index is 13.1. The van der Waals surface area contributed by atoms with Gasteiger partial charge in [0.05, 0.1) is 13.2 Å². The average molecular weight is 361 g/mol. The Bertz CT molecular complexity index is 603. The van der Waals surface area contributed by atoms with Gasteiger partial charge in [0.1, 0.15) is 5.78 Å². The van der Waals surface area contributed by atoms with Crippen LogP contribution in [0, 0.1) is 28.6 Å². The van der Waals surface area contributed by atoms with E-state index in [4.69, 9.17) is 9.47 Å². The minimum atomic E-state index is -0.481. The first-order valence-electron chi connectivity index (χ1n) is 10.8. The number of allylic oxidation sites excluding steroid dienone is 2. The molecule has 146 valence electrons. The van der Waals surface area contributed by atoms with Gasteiger partial charge in [0.2, 0.25) is 0 Å². The molecular formula is C23H36O3. The Morgan fingerprint density at radius 2 is 1.73 bits per heavy atom. The van der Waals surface area contributed by atoms with Gasteiger partial charge in [-0.15, -0.1) is 0 Å². The second-order valence-electron chi connectivity index (χ2n) is 9.90. The molecule has 26 heavy (non-hydrogen) atoms. The lowest BCUT2D eigenvalue weighted by Crippen LogP contribution is -2.52. The number of rotatable bonds is 3. The third kappa shape index (κ3) is 2.73. The second kappa shape index (κ2) is 6.44. The predicted octanol–water partition coefficient (Wildman–Crippen LogP) is 5.29. The van der Waals surface area contributed by atoms with Crippen LogP contribution < -0.4 is 0 Å². The molecule has 3 nitrogen and oxygen atoms in total. The molecule has 1 saturated heterocycles. The number of Topliss-reactive ketones (excluding diaryl/α,β-unsaturated/α-hetero) is 1. The van der Waals surface area contributed by atoms with Gasteiger partial charge in [-0.25, -0.2) is 0 Å². The molecule has 4 rings (SSSR count). The normalized spacial score (nSPS) is 46.4. The summed E-state index contributed by atoms with van der Waals surface area (Å²) in [6, 6.07) is 0. The molecule has 0 aromatic heterocycles. The maximum atomic E-state index is 13.1. The summed E-state index contributed by atoms with van der Waals surface area (Å²) >= 11 is 0. The first-order valence-corrected chi connectivity index (χ1v) is 10.8. The van der Waals surface area contributed by atoms with Gasteiger partial charge in [0.25, 0.3) is 0 Å². The largest absolute Gasteiger partial charge is 0.348 e. The van der Waals surface area contributed by atoms with E-state index in [0.717, 1.165) is 31.6 Å². The smallest absolute Gasteiger partial charge is 0.165 e. The summed E-state index contributed by atoms with van der Waals surface area (Å²) in [5.41, 5.74) is 1.88. The van der Waals surface area contributed by atoms with E-state index in [2.05, 4.69) is 26.8 Å². The molecule has 0 aromatic carbocycles. The van der Waals surface area contributed by atoms with Crippen molar-refractivity contribution in [2.24, 2.45) is 28.6 Å². The Labute approximate surface area is 158 Å². The molecule has 3 heteroatoms. The quantitative estimate of drug-likeness (QED) is 0.642. The third-order valence-electron chi connectivity index (χ3n) is 8.79. The number of hydrogen-bond donors (Lipinski definition) is 0. The average Bonchev–Trinajstić information content (AvgIpc) is 3.20. The van der Waals surface area contributed by atoms with Crippen LogP contribution in [0.1, 0.15) is 79.1 Å². The molecule has 0 amide bonds. The van der Waals surface area contributed by atoms with Gasteiger partial charge in [-0.05, 0) is 75.5 Å². The highest BCUT2D eigenvalue weighted by Gasteiger charge is 2.58. The van der Waals surface area contributed by atoms with Gasteiger partial charge >= 0.3 is 0 Å². The number of carbonyl (C=O) groups excluding carboxylic acids is 1. The fourth-order valence-electron chi connectivity index (χ4n) is 7.11. The summed E-state index contributed by atoms with van der Waals surface area (Å²) < 4.78 is 11.6. The maximum Gasteiger partial charge on any atom is 0.165 e. The summed E-state index contributed by atoms with van der Waals surface area (Å²) in [4.78, 5) is 13.1. The zero-order chi connectivity index (χ0) is 18.6. The van der Waals surface area contributed by atoms with Crippen molar-refractivity contribution < 1.29 is 14.3 Å². The zero-order valence-corrected chi connectivity index (χ0v) is 17.1. The molecule has 0 aromatic rings. The van der Waals surface area contributed by atoms with Crippen molar-refractivity contribution in [2.75, 3.05) is 13.2 Å². The van der Waals surface area contributed by atoms with Crippen LogP contribution in [0.2, 0.25) is 0 Å². The van der Waals surface area contributed by atoms with E-state index < -0.39 is 5.79 Å². The van der Waals surface area contributed by atoms with E-state index >= 15 is 0 Å². The summed E-state index contributed by atoms with van der Waals surface area (Å²) in [5, 5.41) is 0. The molecule has 0 spiro atoms. The lowest BCUT2D eigenvalue weighted by molar-refractivity contribution is -0.163. The topological polar surface area (TPSA) is 35.5 Å². The SMILES string of the molecule is C/C=C1\CCC2C3CCC(=O)[C@@](C)(CCC4(C)OCCO4)C3CC[C@@]12C. The molecule has 0 bridgehead atoms. The van der Waals surface area contributed by atoms with Crippen LogP contribution in [0.5, 0.6) is 0 Å². The van der Waals surface area contributed by atoms with E-state index in [-0.39, 0.29) is 5.41 Å². The molecule has 3 saturated carbocycles. The molecule has 0 radical (unpaired) electrons. The minimum Gasteiger partial charge on any atom is -0.348 e. The van der Waals surface area contributed by atoms with Crippen molar-refractivity contribution in [2.45, 2.75) is 84.8 Å². The van der Waals surface area contributed by atoms with Crippen molar-refractivity contribution in [3.05, 3.63) is 11.6 Å². The first-order chi connectivity index (χ1) is 12.3. The highest BCUT2D eigenvalue weighted by molar-refractivity contribution is 5.85.